The number of nitrogens with zero attached hydrogens (tertiary/aromatic N) is 4. The Hall–Kier alpha value is -2.44. The Labute approximate surface area is 153 Å². The number of hydrogen-bond donors (Lipinski definition) is 0. The van der Waals surface area contributed by atoms with Crippen LogP contribution in [0.2, 0.25) is 0 Å². The summed E-state index contributed by atoms with van der Waals surface area (Å²) in [5.41, 5.74) is 0. The smallest absolute Gasteiger partial charge is 0.260 e. The van der Waals surface area contributed by atoms with E-state index in [-0.39, 0.29) is 18.3 Å². The second-order valence-corrected chi connectivity index (χ2v) is 7.02. The van der Waals surface area contributed by atoms with Gasteiger partial charge in [-0.15, -0.1) is 10.2 Å². The largest absolute Gasteiger partial charge is 0.484 e. The normalized spacial score (nSPS) is 15.5. The minimum atomic E-state index is -0.320. The van der Waals surface area contributed by atoms with Gasteiger partial charge in [-0.05, 0) is 56.9 Å². The number of piperidine rings is 1. The average molecular weight is 360 g/mol. The van der Waals surface area contributed by atoms with E-state index in [0.29, 0.717) is 17.7 Å². The summed E-state index contributed by atoms with van der Waals surface area (Å²) in [5.74, 6) is 1.68. The molecule has 0 aliphatic carbocycles. The lowest BCUT2D eigenvalue weighted by Crippen LogP contribution is -2.41. The van der Waals surface area contributed by atoms with Crippen LogP contribution < -0.4 is 4.74 Å². The molecule has 7 heteroatoms. The number of carbonyl (C=O) groups is 1. The third kappa shape index (κ3) is 4.59. The summed E-state index contributed by atoms with van der Waals surface area (Å²) >= 11 is 0. The molecule has 1 amide bonds. The lowest BCUT2D eigenvalue weighted by Gasteiger charge is -2.32. The highest BCUT2D eigenvalue weighted by Crippen LogP contribution is 2.22. The quantitative estimate of drug-likeness (QED) is 0.795. The standard InChI is InChI=1S/C19H25FN4O2/c1-14(2)24-13-21-22-18(24)11-15-7-9-23(10-8-15)19(25)12-26-17-5-3-16(20)4-6-17/h3-6,13-15H,7-12H2,1-2H3. The molecule has 140 valence electrons. The van der Waals surface area contributed by atoms with Gasteiger partial charge >= 0.3 is 0 Å². The van der Waals surface area contributed by atoms with E-state index in [9.17, 15) is 9.18 Å². The second kappa shape index (κ2) is 8.29. The number of aromatic nitrogens is 3. The zero-order chi connectivity index (χ0) is 18.5. The number of likely N-dealkylation sites (tertiary alicyclic amines) is 1. The van der Waals surface area contributed by atoms with Crippen LogP contribution in [0.25, 0.3) is 0 Å². The van der Waals surface area contributed by atoms with Gasteiger partial charge in [0.1, 0.15) is 23.7 Å². The first-order valence-electron chi connectivity index (χ1n) is 9.07. The Kier molecular flexibility index (Phi) is 5.85. The van der Waals surface area contributed by atoms with Crippen molar-refractivity contribution in [3.8, 4) is 5.75 Å². The van der Waals surface area contributed by atoms with Crippen molar-refractivity contribution in [2.75, 3.05) is 19.7 Å². The summed E-state index contributed by atoms with van der Waals surface area (Å²) in [4.78, 5) is 14.1. The molecule has 1 saturated heterocycles. The van der Waals surface area contributed by atoms with E-state index >= 15 is 0 Å². The van der Waals surface area contributed by atoms with Gasteiger partial charge in [0, 0.05) is 25.6 Å². The molecular formula is C19H25FN4O2. The first kappa shape index (κ1) is 18.4. The van der Waals surface area contributed by atoms with Gasteiger partial charge in [-0.25, -0.2) is 4.39 Å². The molecule has 1 aromatic heterocycles. The zero-order valence-corrected chi connectivity index (χ0v) is 15.3. The molecule has 2 aromatic rings. The van der Waals surface area contributed by atoms with Gasteiger partial charge in [-0.3, -0.25) is 4.79 Å². The highest BCUT2D eigenvalue weighted by atomic mass is 19.1. The fourth-order valence-electron chi connectivity index (χ4n) is 3.26. The summed E-state index contributed by atoms with van der Waals surface area (Å²) in [7, 11) is 0. The maximum Gasteiger partial charge on any atom is 0.260 e. The number of rotatable bonds is 6. The van der Waals surface area contributed by atoms with Crippen molar-refractivity contribution in [3.63, 3.8) is 0 Å². The van der Waals surface area contributed by atoms with Crippen molar-refractivity contribution in [2.45, 2.75) is 39.2 Å². The fourth-order valence-corrected chi connectivity index (χ4v) is 3.26. The van der Waals surface area contributed by atoms with Crippen LogP contribution in [0.4, 0.5) is 4.39 Å². The molecule has 1 aliphatic heterocycles. The zero-order valence-electron chi connectivity index (χ0n) is 15.3. The third-order valence-electron chi connectivity index (χ3n) is 4.82. The molecule has 0 atom stereocenters. The van der Waals surface area contributed by atoms with Crippen LogP contribution in [0.1, 0.15) is 38.6 Å². The summed E-state index contributed by atoms with van der Waals surface area (Å²) in [5, 5.41) is 8.26. The molecular weight excluding hydrogens is 335 g/mol. The lowest BCUT2D eigenvalue weighted by atomic mass is 9.93. The van der Waals surface area contributed by atoms with E-state index in [1.54, 1.807) is 6.33 Å². The van der Waals surface area contributed by atoms with Gasteiger partial charge in [-0.2, -0.15) is 0 Å². The predicted octanol–water partition coefficient (Wildman–Crippen LogP) is 2.86. The molecule has 0 N–H and O–H groups in total. The van der Waals surface area contributed by atoms with E-state index in [1.807, 2.05) is 4.90 Å². The molecule has 0 saturated carbocycles. The second-order valence-electron chi connectivity index (χ2n) is 7.02. The average Bonchev–Trinajstić information content (AvgIpc) is 3.10. The Bertz CT molecular complexity index is 721. The van der Waals surface area contributed by atoms with Crippen molar-refractivity contribution < 1.29 is 13.9 Å². The van der Waals surface area contributed by atoms with Crippen LogP contribution >= 0.6 is 0 Å². The van der Waals surface area contributed by atoms with E-state index in [2.05, 4.69) is 28.6 Å². The molecule has 0 bridgehead atoms. The van der Waals surface area contributed by atoms with E-state index in [0.717, 1.165) is 38.2 Å². The van der Waals surface area contributed by atoms with Crippen molar-refractivity contribution in [3.05, 3.63) is 42.2 Å². The molecule has 1 fully saturated rings. The molecule has 26 heavy (non-hydrogen) atoms. The summed E-state index contributed by atoms with van der Waals surface area (Å²) in [6.07, 6.45) is 4.58. The van der Waals surface area contributed by atoms with E-state index in [1.165, 1.54) is 24.3 Å². The topological polar surface area (TPSA) is 60.2 Å². The number of benzene rings is 1. The molecule has 2 heterocycles. The van der Waals surface area contributed by atoms with Crippen LogP contribution in [0.3, 0.4) is 0 Å². The first-order chi connectivity index (χ1) is 12.5. The summed E-state index contributed by atoms with van der Waals surface area (Å²) in [6.45, 7) is 5.68. The van der Waals surface area contributed by atoms with Crippen LogP contribution in [0, 0.1) is 11.7 Å². The Morgan fingerprint density at radius 2 is 1.96 bits per heavy atom. The predicted molar refractivity (Wildman–Crippen MR) is 95.3 cm³/mol. The maximum absolute atomic E-state index is 12.9. The Balaban J connectivity index is 1.45. The summed E-state index contributed by atoms with van der Waals surface area (Å²) < 4.78 is 20.4. The van der Waals surface area contributed by atoms with Gasteiger partial charge < -0.3 is 14.2 Å². The molecule has 0 radical (unpaired) electrons. The maximum atomic E-state index is 12.9. The van der Waals surface area contributed by atoms with Crippen molar-refractivity contribution >= 4 is 5.91 Å². The molecule has 3 rings (SSSR count). The monoisotopic (exact) mass is 360 g/mol. The Morgan fingerprint density at radius 1 is 1.27 bits per heavy atom. The molecule has 1 aliphatic rings. The van der Waals surface area contributed by atoms with Gasteiger partial charge in [0.2, 0.25) is 0 Å². The minimum absolute atomic E-state index is 0.0159. The first-order valence-corrected chi connectivity index (χ1v) is 9.07. The number of carbonyl (C=O) groups excluding carboxylic acids is 1. The van der Waals surface area contributed by atoms with Gasteiger partial charge in [-0.1, -0.05) is 0 Å². The molecule has 0 unspecified atom stereocenters. The van der Waals surface area contributed by atoms with E-state index < -0.39 is 0 Å². The molecule has 6 nitrogen and oxygen atoms in total. The van der Waals surface area contributed by atoms with Crippen molar-refractivity contribution in [1.29, 1.82) is 0 Å². The van der Waals surface area contributed by atoms with Crippen LogP contribution in [-0.2, 0) is 11.2 Å². The Morgan fingerprint density at radius 3 is 2.62 bits per heavy atom. The number of ether oxygens (including phenoxy) is 1. The third-order valence-corrected chi connectivity index (χ3v) is 4.82. The summed E-state index contributed by atoms with van der Waals surface area (Å²) in [6, 6.07) is 6.05. The van der Waals surface area contributed by atoms with Gasteiger partial charge in [0.05, 0.1) is 0 Å². The van der Waals surface area contributed by atoms with Crippen LogP contribution in [-0.4, -0.2) is 45.3 Å². The number of halogens is 1. The van der Waals surface area contributed by atoms with Crippen molar-refractivity contribution in [2.24, 2.45) is 5.92 Å². The number of amides is 1. The van der Waals surface area contributed by atoms with E-state index in [4.69, 9.17) is 4.74 Å². The van der Waals surface area contributed by atoms with Crippen molar-refractivity contribution in [1.82, 2.24) is 19.7 Å². The van der Waals surface area contributed by atoms with Gasteiger partial charge in [0.25, 0.3) is 5.91 Å². The highest BCUT2D eigenvalue weighted by molar-refractivity contribution is 5.77. The van der Waals surface area contributed by atoms with Crippen LogP contribution in [0.15, 0.2) is 30.6 Å². The van der Waals surface area contributed by atoms with Gasteiger partial charge in [0.15, 0.2) is 6.61 Å². The lowest BCUT2D eigenvalue weighted by molar-refractivity contribution is -0.134. The SMILES string of the molecule is CC(C)n1cnnc1CC1CCN(C(=O)COc2ccc(F)cc2)CC1. The molecule has 0 spiro atoms. The number of hydrogen-bond acceptors (Lipinski definition) is 4. The fraction of sp³-hybridized carbons (Fsp3) is 0.526. The van der Waals surface area contributed by atoms with Crippen LogP contribution in [0.5, 0.6) is 5.75 Å². The molecule has 1 aromatic carbocycles. The highest BCUT2D eigenvalue weighted by Gasteiger charge is 2.24. The minimum Gasteiger partial charge on any atom is -0.484 e.